The van der Waals surface area contributed by atoms with Crippen molar-refractivity contribution in [2.75, 3.05) is 40.3 Å². The Morgan fingerprint density at radius 2 is 1.24 bits per heavy atom. The number of hydrogen-bond acceptors (Lipinski definition) is 7. The summed E-state index contributed by atoms with van der Waals surface area (Å²) >= 11 is 7.53. The van der Waals surface area contributed by atoms with Crippen molar-refractivity contribution in [3.63, 3.8) is 0 Å². The van der Waals surface area contributed by atoms with Gasteiger partial charge in [-0.25, -0.2) is 0 Å². The summed E-state index contributed by atoms with van der Waals surface area (Å²) in [5.74, 6) is 2.94. The largest absolute Gasteiger partial charge is 0.493 e. The van der Waals surface area contributed by atoms with Gasteiger partial charge in [0.1, 0.15) is 0 Å². The van der Waals surface area contributed by atoms with Crippen LogP contribution >= 0.6 is 23.5 Å². The van der Waals surface area contributed by atoms with Crippen molar-refractivity contribution in [1.29, 1.82) is 0 Å². The predicted molar refractivity (Wildman–Crippen MR) is 136 cm³/mol. The van der Waals surface area contributed by atoms with E-state index in [2.05, 4.69) is 4.72 Å². The zero-order valence-corrected chi connectivity index (χ0v) is 20.7. The number of methoxy groups -OCH3 is 5. The maximum atomic E-state index is 6.10. The van der Waals surface area contributed by atoms with E-state index in [-0.39, 0.29) is 0 Å². The Kier molecular flexibility index (Phi) is 8.63. The summed E-state index contributed by atoms with van der Waals surface area (Å²) in [5, 5.41) is 0.674. The van der Waals surface area contributed by atoms with E-state index in [1.165, 1.54) is 11.9 Å². The average Bonchev–Trinajstić information content (AvgIpc) is 2.84. The first kappa shape index (κ1) is 24.5. The lowest BCUT2D eigenvalue weighted by atomic mass is 10.1. The SMILES string of the molecule is COc1cc(/C=C\c2cc(OC)c(OC)c(OC)c2)cc(NSc2cccc(Cl)c2)c1OC. The molecule has 0 unspecified atom stereocenters. The Hall–Kier alpha value is -3.16. The molecule has 0 aliphatic heterocycles. The molecular weight excluding hydrogens is 462 g/mol. The molecule has 8 heteroatoms. The molecule has 0 saturated heterocycles. The lowest BCUT2D eigenvalue weighted by Gasteiger charge is -2.15. The summed E-state index contributed by atoms with van der Waals surface area (Å²) in [6.07, 6.45) is 3.93. The molecule has 0 aliphatic carbocycles. The van der Waals surface area contributed by atoms with Crippen molar-refractivity contribution in [1.82, 2.24) is 0 Å². The van der Waals surface area contributed by atoms with Gasteiger partial charge in [0, 0.05) is 9.92 Å². The molecule has 3 aromatic carbocycles. The molecular formula is C25H26ClNO5S. The Morgan fingerprint density at radius 3 is 1.76 bits per heavy atom. The van der Waals surface area contributed by atoms with Crippen molar-refractivity contribution in [3.8, 4) is 28.7 Å². The van der Waals surface area contributed by atoms with Gasteiger partial charge in [-0.1, -0.05) is 29.8 Å². The van der Waals surface area contributed by atoms with Crippen molar-refractivity contribution < 1.29 is 23.7 Å². The van der Waals surface area contributed by atoms with Crippen LogP contribution in [0.4, 0.5) is 5.69 Å². The van der Waals surface area contributed by atoms with E-state index >= 15 is 0 Å². The van der Waals surface area contributed by atoms with Gasteiger partial charge in [0.25, 0.3) is 0 Å². The van der Waals surface area contributed by atoms with Crippen LogP contribution in [0.2, 0.25) is 5.02 Å². The van der Waals surface area contributed by atoms with E-state index in [1.54, 1.807) is 35.5 Å². The Balaban J connectivity index is 1.93. The standard InChI is InChI=1S/C25H26ClNO5S/c1-28-21-12-16(9-10-17-13-22(29-2)25(32-5)23(14-17)30-3)11-20(24(21)31-4)27-33-19-8-6-7-18(26)15-19/h6-15,27H,1-5H3/b10-9-. The van der Waals surface area contributed by atoms with Gasteiger partial charge in [-0.05, 0) is 65.5 Å². The minimum Gasteiger partial charge on any atom is -0.493 e. The first-order chi connectivity index (χ1) is 16.0. The van der Waals surface area contributed by atoms with Crippen molar-refractivity contribution >= 4 is 41.4 Å². The lowest BCUT2D eigenvalue weighted by molar-refractivity contribution is 0.324. The van der Waals surface area contributed by atoms with Crippen LogP contribution in [0.25, 0.3) is 12.2 Å². The summed E-state index contributed by atoms with van der Waals surface area (Å²) in [4.78, 5) is 0.974. The molecule has 0 radical (unpaired) electrons. The van der Waals surface area contributed by atoms with Crippen LogP contribution in [0.1, 0.15) is 11.1 Å². The predicted octanol–water partition coefficient (Wildman–Crippen LogP) is 6.67. The molecule has 0 aromatic heterocycles. The van der Waals surface area contributed by atoms with Gasteiger partial charge in [-0.2, -0.15) is 0 Å². The second-order valence-electron chi connectivity index (χ2n) is 6.76. The molecule has 174 valence electrons. The Bertz CT molecular complexity index is 1110. The average molecular weight is 488 g/mol. The van der Waals surface area contributed by atoms with Gasteiger partial charge in [0.2, 0.25) is 5.75 Å². The third kappa shape index (κ3) is 6.00. The second-order valence-corrected chi connectivity index (χ2v) is 8.07. The first-order valence-corrected chi connectivity index (χ1v) is 11.1. The number of halogens is 1. The number of hydrogen-bond donors (Lipinski definition) is 1. The third-order valence-electron chi connectivity index (χ3n) is 4.73. The van der Waals surface area contributed by atoms with E-state index < -0.39 is 0 Å². The van der Waals surface area contributed by atoms with Crippen LogP contribution in [0.5, 0.6) is 28.7 Å². The van der Waals surface area contributed by atoms with Gasteiger partial charge in [0.15, 0.2) is 23.0 Å². The van der Waals surface area contributed by atoms with E-state index in [9.17, 15) is 0 Å². The minimum absolute atomic E-state index is 0.549. The van der Waals surface area contributed by atoms with Crippen LogP contribution in [-0.2, 0) is 0 Å². The fourth-order valence-electron chi connectivity index (χ4n) is 3.19. The van der Waals surface area contributed by atoms with Crippen LogP contribution in [-0.4, -0.2) is 35.5 Å². The molecule has 1 N–H and O–H groups in total. The van der Waals surface area contributed by atoms with Crippen LogP contribution in [0.15, 0.2) is 53.4 Å². The van der Waals surface area contributed by atoms with E-state index in [4.69, 9.17) is 35.3 Å². The van der Waals surface area contributed by atoms with Crippen LogP contribution < -0.4 is 28.4 Å². The van der Waals surface area contributed by atoms with Gasteiger partial charge in [-0.3, -0.25) is 0 Å². The topological polar surface area (TPSA) is 58.2 Å². The number of anilines is 1. The fourth-order valence-corrected chi connectivity index (χ4v) is 4.16. The molecule has 0 spiro atoms. The second kappa shape index (κ2) is 11.6. The third-order valence-corrected chi connectivity index (χ3v) is 5.78. The molecule has 6 nitrogen and oxygen atoms in total. The molecule has 0 bridgehead atoms. The summed E-state index contributed by atoms with van der Waals surface area (Å²) in [5.41, 5.74) is 2.57. The van der Waals surface area contributed by atoms with Crippen LogP contribution in [0, 0.1) is 0 Å². The zero-order chi connectivity index (χ0) is 23.8. The number of nitrogens with one attached hydrogen (secondary N) is 1. The maximum absolute atomic E-state index is 6.10. The molecule has 0 fully saturated rings. The lowest BCUT2D eigenvalue weighted by Crippen LogP contribution is -1.97. The van der Waals surface area contributed by atoms with Crippen molar-refractivity contribution in [3.05, 3.63) is 64.7 Å². The summed E-state index contributed by atoms with van der Waals surface area (Å²) in [6, 6.07) is 15.2. The van der Waals surface area contributed by atoms with E-state index in [1.807, 2.05) is 60.7 Å². The summed E-state index contributed by atoms with van der Waals surface area (Å²) in [6.45, 7) is 0. The molecule has 3 rings (SSSR count). The highest BCUT2D eigenvalue weighted by molar-refractivity contribution is 8.00. The number of rotatable bonds is 10. The molecule has 3 aromatic rings. The Morgan fingerprint density at radius 1 is 0.697 bits per heavy atom. The zero-order valence-electron chi connectivity index (χ0n) is 19.1. The highest BCUT2D eigenvalue weighted by atomic mass is 35.5. The highest BCUT2D eigenvalue weighted by Gasteiger charge is 2.14. The number of benzene rings is 3. The van der Waals surface area contributed by atoms with E-state index in [0.717, 1.165) is 21.7 Å². The van der Waals surface area contributed by atoms with Gasteiger partial charge >= 0.3 is 0 Å². The van der Waals surface area contributed by atoms with Crippen molar-refractivity contribution in [2.24, 2.45) is 0 Å². The van der Waals surface area contributed by atoms with Crippen LogP contribution in [0.3, 0.4) is 0 Å². The number of ether oxygens (including phenoxy) is 5. The molecule has 0 heterocycles. The van der Waals surface area contributed by atoms with Gasteiger partial charge in [-0.15, -0.1) is 0 Å². The monoisotopic (exact) mass is 487 g/mol. The van der Waals surface area contributed by atoms with E-state index in [0.29, 0.717) is 33.8 Å². The van der Waals surface area contributed by atoms with Gasteiger partial charge in [0.05, 0.1) is 41.2 Å². The molecule has 33 heavy (non-hydrogen) atoms. The summed E-state index contributed by atoms with van der Waals surface area (Å²) < 4.78 is 30.8. The highest BCUT2D eigenvalue weighted by Crippen LogP contribution is 2.41. The maximum Gasteiger partial charge on any atom is 0.203 e. The molecule has 0 amide bonds. The molecule has 0 saturated carbocycles. The fraction of sp³-hybridized carbons (Fsp3) is 0.200. The minimum atomic E-state index is 0.549. The summed E-state index contributed by atoms with van der Waals surface area (Å²) in [7, 11) is 7.98. The molecule has 0 aliphatic rings. The quantitative estimate of drug-likeness (QED) is 0.253. The van der Waals surface area contributed by atoms with Crippen molar-refractivity contribution in [2.45, 2.75) is 4.90 Å². The smallest absolute Gasteiger partial charge is 0.203 e. The normalized spacial score (nSPS) is 10.7. The first-order valence-electron chi connectivity index (χ1n) is 9.95. The molecule has 0 atom stereocenters. The van der Waals surface area contributed by atoms with Gasteiger partial charge < -0.3 is 28.4 Å². The Labute approximate surface area is 203 Å².